The van der Waals surface area contributed by atoms with Gasteiger partial charge in [-0.15, -0.1) is 0 Å². The largest absolute Gasteiger partial charge is 0.459 e. The second kappa shape index (κ2) is 5.77. The van der Waals surface area contributed by atoms with E-state index in [0.717, 1.165) is 16.7 Å². The summed E-state index contributed by atoms with van der Waals surface area (Å²) in [6.07, 6.45) is 1.65. The molecule has 5 heteroatoms. The Morgan fingerprint density at radius 1 is 1.30 bits per heavy atom. The Morgan fingerprint density at radius 3 is 2.50 bits per heavy atom. The second-order valence-corrected chi connectivity index (χ2v) is 4.98. The van der Waals surface area contributed by atoms with Crippen molar-refractivity contribution in [3.8, 4) is 0 Å². The van der Waals surface area contributed by atoms with Gasteiger partial charge in [-0.2, -0.15) is 5.10 Å². The Bertz CT molecular complexity index is 609. The van der Waals surface area contributed by atoms with Gasteiger partial charge in [0.1, 0.15) is 19.0 Å². The lowest BCUT2D eigenvalue weighted by Gasteiger charge is -2.12. The molecule has 106 valence electrons. The maximum Gasteiger partial charge on any atom is 0.328 e. The van der Waals surface area contributed by atoms with Crippen LogP contribution in [0, 0.1) is 20.8 Å². The summed E-state index contributed by atoms with van der Waals surface area (Å²) < 4.78 is 6.77. The molecule has 0 aliphatic rings. The third kappa shape index (κ3) is 3.38. The number of anilines is 1. The normalized spacial score (nSPS) is 10.6. The number of benzene rings is 1. The first-order valence-corrected chi connectivity index (χ1v) is 6.47. The van der Waals surface area contributed by atoms with E-state index in [0.29, 0.717) is 5.82 Å². The second-order valence-electron chi connectivity index (χ2n) is 4.98. The van der Waals surface area contributed by atoms with Crippen molar-refractivity contribution in [2.45, 2.75) is 33.9 Å². The summed E-state index contributed by atoms with van der Waals surface area (Å²) in [6.45, 7) is 6.46. The first kappa shape index (κ1) is 14.1. The molecule has 0 atom stereocenters. The summed E-state index contributed by atoms with van der Waals surface area (Å²) in [5.41, 5.74) is 10.0. The molecule has 0 radical (unpaired) electrons. The predicted molar refractivity (Wildman–Crippen MR) is 77.1 cm³/mol. The van der Waals surface area contributed by atoms with Gasteiger partial charge in [-0.3, -0.25) is 9.48 Å². The van der Waals surface area contributed by atoms with Crippen LogP contribution >= 0.6 is 0 Å². The number of hydrogen-bond donors (Lipinski definition) is 1. The standard InChI is InChI=1S/C15H19N3O2/c1-10-6-11(2)13(12(3)7-10)9-20-15(19)8-18-5-4-14(16)17-18/h4-7H,8-9H2,1-3H3,(H2,16,17). The zero-order chi connectivity index (χ0) is 14.7. The first-order valence-electron chi connectivity index (χ1n) is 6.47. The molecule has 0 aliphatic carbocycles. The van der Waals surface area contributed by atoms with E-state index >= 15 is 0 Å². The number of aryl methyl sites for hydroxylation is 3. The van der Waals surface area contributed by atoms with E-state index in [9.17, 15) is 4.79 Å². The molecule has 1 heterocycles. The maximum absolute atomic E-state index is 11.8. The van der Waals surface area contributed by atoms with Crippen LogP contribution in [0.5, 0.6) is 0 Å². The average molecular weight is 273 g/mol. The molecule has 2 rings (SSSR count). The SMILES string of the molecule is Cc1cc(C)c(COC(=O)Cn2ccc(N)n2)c(C)c1. The maximum atomic E-state index is 11.8. The highest BCUT2D eigenvalue weighted by Crippen LogP contribution is 2.17. The number of rotatable bonds is 4. The molecule has 0 saturated heterocycles. The fraction of sp³-hybridized carbons (Fsp3) is 0.333. The van der Waals surface area contributed by atoms with E-state index in [-0.39, 0.29) is 19.1 Å². The molecule has 0 spiro atoms. The van der Waals surface area contributed by atoms with Gasteiger partial charge >= 0.3 is 5.97 Å². The van der Waals surface area contributed by atoms with Crippen LogP contribution in [0.15, 0.2) is 24.4 Å². The molecule has 0 saturated carbocycles. The van der Waals surface area contributed by atoms with Gasteiger partial charge in [0.15, 0.2) is 0 Å². The highest BCUT2D eigenvalue weighted by atomic mass is 16.5. The lowest BCUT2D eigenvalue weighted by molar-refractivity contribution is -0.145. The minimum Gasteiger partial charge on any atom is -0.459 e. The minimum atomic E-state index is -0.326. The summed E-state index contributed by atoms with van der Waals surface area (Å²) in [5.74, 6) is 0.0653. The van der Waals surface area contributed by atoms with Crippen LogP contribution in [0.25, 0.3) is 0 Å². The Hall–Kier alpha value is -2.30. The molecule has 2 N–H and O–H groups in total. The number of hydrogen-bond acceptors (Lipinski definition) is 4. The molecule has 0 bridgehead atoms. The molecule has 5 nitrogen and oxygen atoms in total. The van der Waals surface area contributed by atoms with Crippen LogP contribution in [0.3, 0.4) is 0 Å². The molecule has 1 aromatic heterocycles. The van der Waals surface area contributed by atoms with Gasteiger partial charge in [0.05, 0.1) is 0 Å². The van der Waals surface area contributed by atoms with Crippen LogP contribution < -0.4 is 5.73 Å². The summed E-state index contributed by atoms with van der Waals surface area (Å²) in [4.78, 5) is 11.8. The van der Waals surface area contributed by atoms with E-state index in [1.165, 1.54) is 10.2 Å². The van der Waals surface area contributed by atoms with Crippen LogP contribution in [0.2, 0.25) is 0 Å². The first-order chi connectivity index (χ1) is 9.45. The van der Waals surface area contributed by atoms with Crippen molar-refractivity contribution < 1.29 is 9.53 Å². The van der Waals surface area contributed by atoms with E-state index in [4.69, 9.17) is 10.5 Å². The molecule has 0 aliphatic heterocycles. The van der Waals surface area contributed by atoms with E-state index in [2.05, 4.69) is 24.2 Å². The van der Waals surface area contributed by atoms with Crippen molar-refractivity contribution >= 4 is 11.8 Å². The van der Waals surface area contributed by atoms with Gasteiger partial charge in [-0.1, -0.05) is 17.7 Å². The molecule has 0 amide bonds. The fourth-order valence-corrected chi connectivity index (χ4v) is 2.23. The van der Waals surface area contributed by atoms with E-state index < -0.39 is 0 Å². The number of nitrogen functional groups attached to an aromatic ring is 1. The molecular weight excluding hydrogens is 254 g/mol. The van der Waals surface area contributed by atoms with Gasteiger partial charge < -0.3 is 10.5 Å². The highest BCUT2D eigenvalue weighted by molar-refractivity contribution is 5.69. The van der Waals surface area contributed by atoms with Gasteiger partial charge in [0.25, 0.3) is 0 Å². The van der Waals surface area contributed by atoms with Crippen LogP contribution in [0.4, 0.5) is 5.82 Å². The molecular formula is C15H19N3O2. The lowest BCUT2D eigenvalue weighted by atomic mass is 10.0. The van der Waals surface area contributed by atoms with Gasteiger partial charge in [-0.25, -0.2) is 0 Å². The van der Waals surface area contributed by atoms with Crippen LogP contribution in [0.1, 0.15) is 22.3 Å². The number of carbonyl (C=O) groups excluding carboxylic acids is 1. The summed E-state index contributed by atoms with van der Waals surface area (Å²) in [5, 5.41) is 3.95. The van der Waals surface area contributed by atoms with Crippen molar-refractivity contribution in [2.24, 2.45) is 0 Å². The summed E-state index contributed by atoms with van der Waals surface area (Å²) in [6, 6.07) is 5.82. The molecule has 0 fully saturated rings. The smallest absolute Gasteiger partial charge is 0.328 e. The molecule has 0 unspecified atom stereocenters. The number of carbonyl (C=O) groups is 1. The zero-order valence-corrected chi connectivity index (χ0v) is 12.0. The quantitative estimate of drug-likeness (QED) is 0.866. The fourth-order valence-electron chi connectivity index (χ4n) is 2.23. The number of nitrogens with zero attached hydrogens (tertiary/aromatic N) is 2. The van der Waals surface area contributed by atoms with Crippen LogP contribution in [-0.4, -0.2) is 15.7 Å². The monoisotopic (exact) mass is 273 g/mol. The van der Waals surface area contributed by atoms with Crippen molar-refractivity contribution in [3.05, 3.63) is 46.6 Å². The van der Waals surface area contributed by atoms with Crippen molar-refractivity contribution in [1.82, 2.24) is 9.78 Å². The number of esters is 1. The summed E-state index contributed by atoms with van der Waals surface area (Å²) >= 11 is 0. The molecule has 1 aromatic carbocycles. The molecule has 20 heavy (non-hydrogen) atoms. The lowest BCUT2D eigenvalue weighted by Crippen LogP contribution is -2.14. The average Bonchev–Trinajstić information content (AvgIpc) is 2.73. The third-order valence-corrected chi connectivity index (χ3v) is 3.17. The highest BCUT2D eigenvalue weighted by Gasteiger charge is 2.09. The van der Waals surface area contributed by atoms with Gasteiger partial charge in [0.2, 0.25) is 0 Å². The Labute approximate surface area is 118 Å². The molecule has 2 aromatic rings. The predicted octanol–water partition coefficient (Wildman–Crippen LogP) is 2.13. The minimum absolute atomic E-state index is 0.0706. The van der Waals surface area contributed by atoms with Crippen molar-refractivity contribution in [1.29, 1.82) is 0 Å². The van der Waals surface area contributed by atoms with Crippen molar-refractivity contribution in [2.75, 3.05) is 5.73 Å². The zero-order valence-electron chi connectivity index (χ0n) is 12.0. The Kier molecular flexibility index (Phi) is 4.08. The van der Waals surface area contributed by atoms with E-state index in [1.54, 1.807) is 12.3 Å². The number of ether oxygens (including phenoxy) is 1. The third-order valence-electron chi connectivity index (χ3n) is 3.17. The van der Waals surface area contributed by atoms with Gasteiger partial charge in [-0.05, 0) is 43.5 Å². The Balaban J connectivity index is 1.97. The Morgan fingerprint density at radius 2 is 1.95 bits per heavy atom. The number of nitrogens with two attached hydrogens (primary N) is 1. The van der Waals surface area contributed by atoms with E-state index in [1.807, 2.05) is 13.8 Å². The van der Waals surface area contributed by atoms with Crippen molar-refractivity contribution in [3.63, 3.8) is 0 Å². The van der Waals surface area contributed by atoms with Gasteiger partial charge in [0, 0.05) is 6.20 Å². The summed E-state index contributed by atoms with van der Waals surface area (Å²) in [7, 11) is 0. The topological polar surface area (TPSA) is 70.1 Å². The van der Waals surface area contributed by atoms with Crippen LogP contribution in [-0.2, 0) is 22.7 Å². The number of aromatic nitrogens is 2.